The largest absolute Gasteiger partial charge is 0.355 e. The second-order valence-corrected chi connectivity index (χ2v) is 9.31. The summed E-state index contributed by atoms with van der Waals surface area (Å²) in [6, 6.07) is 9.95. The highest BCUT2D eigenvalue weighted by Crippen LogP contribution is 2.20. The van der Waals surface area contributed by atoms with Gasteiger partial charge in [0.05, 0.1) is 15.7 Å². The van der Waals surface area contributed by atoms with Crippen molar-refractivity contribution in [2.24, 2.45) is 11.1 Å². The summed E-state index contributed by atoms with van der Waals surface area (Å²) in [5.41, 5.74) is 0.908. The second kappa shape index (κ2) is 8.85. The maximum atomic E-state index is 12.5. The summed E-state index contributed by atoms with van der Waals surface area (Å²) in [6.45, 7) is 1.56. The van der Waals surface area contributed by atoms with Gasteiger partial charge in [-0.25, -0.2) is 13.6 Å². The molecule has 0 radical (unpaired) electrons. The summed E-state index contributed by atoms with van der Waals surface area (Å²) < 4.78 is 22.5. The number of carbonyl (C=O) groups is 2. The first-order chi connectivity index (χ1) is 13.3. The van der Waals surface area contributed by atoms with Crippen LogP contribution in [0.4, 0.5) is 0 Å². The number of hydrogen-bond acceptors (Lipinski definition) is 5. The molecule has 1 aliphatic rings. The molecule has 28 heavy (non-hydrogen) atoms. The molecule has 1 atom stereocenters. The van der Waals surface area contributed by atoms with Crippen LogP contribution in [-0.4, -0.2) is 44.8 Å². The molecule has 1 aliphatic heterocycles. The maximum Gasteiger partial charge on any atom is 0.263 e. The van der Waals surface area contributed by atoms with Crippen molar-refractivity contribution in [1.82, 2.24) is 10.2 Å². The number of thiophene rings is 1. The number of rotatable bonds is 6. The number of amides is 2. The molecule has 3 rings (SSSR count). The topological polar surface area (TPSA) is 110 Å². The smallest absolute Gasteiger partial charge is 0.263 e. The van der Waals surface area contributed by atoms with Gasteiger partial charge in [-0.3, -0.25) is 9.59 Å². The number of sulfonamides is 1. The number of nitrogens with zero attached hydrogens (tertiary/aromatic N) is 1. The van der Waals surface area contributed by atoms with Gasteiger partial charge in [0.25, 0.3) is 5.91 Å². The van der Waals surface area contributed by atoms with Crippen LogP contribution in [0.3, 0.4) is 0 Å². The van der Waals surface area contributed by atoms with Crippen LogP contribution in [0.2, 0.25) is 0 Å². The molecule has 7 nitrogen and oxygen atoms in total. The third-order valence-corrected chi connectivity index (χ3v) is 6.56. The first-order valence-electron chi connectivity index (χ1n) is 9.07. The zero-order chi connectivity index (χ0) is 20.1. The Kier molecular flexibility index (Phi) is 6.48. The summed E-state index contributed by atoms with van der Waals surface area (Å²) in [7, 11) is -3.70. The van der Waals surface area contributed by atoms with Crippen molar-refractivity contribution >= 4 is 33.2 Å². The standard InChI is InChI=1S/C19H23N3O4S2/c20-28(25,26)16-7-5-14(6-8-16)9-10-21-18(23)15-3-1-11-22(13-15)19(24)17-4-2-12-27-17/h2,4-8,12,15H,1,3,9-11,13H2,(H,21,23)(H2,20,25,26). The maximum absolute atomic E-state index is 12.5. The minimum atomic E-state index is -3.70. The van der Waals surface area contributed by atoms with Crippen molar-refractivity contribution < 1.29 is 18.0 Å². The molecule has 1 saturated heterocycles. The summed E-state index contributed by atoms with van der Waals surface area (Å²) >= 11 is 1.41. The van der Waals surface area contributed by atoms with Crippen LogP contribution < -0.4 is 10.5 Å². The van der Waals surface area contributed by atoms with E-state index in [1.807, 2.05) is 11.4 Å². The van der Waals surface area contributed by atoms with Crippen LogP contribution in [0.1, 0.15) is 28.1 Å². The van der Waals surface area contributed by atoms with Crippen LogP contribution >= 0.6 is 11.3 Å². The van der Waals surface area contributed by atoms with Gasteiger partial charge in [0.1, 0.15) is 0 Å². The van der Waals surface area contributed by atoms with Crippen molar-refractivity contribution in [1.29, 1.82) is 0 Å². The molecule has 0 aliphatic carbocycles. The fraction of sp³-hybridized carbons (Fsp3) is 0.368. The summed E-state index contributed by atoms with van der Waals surface area (Å²) in [4.78, 5) is 27.5. The lowest BCUT2D eigenvalue weighted by Gasteiger charge is -2.31. The van der Waals surface area contributed by atoms with Gasteiger partial charge >= 0.3 is 0 Å². The Morgan fingerprint density at radius 3 is 2.61 bits per heavy atom. The van der Waals surface area contributed by atoms with E-state index in [2.05, 4.69) is 5.32 Å². The van der Waals surface area contributed by atoms with Gasteiger partial charge in [-0.05, 0) is 48.4 Å². The molecule has 0 bridgehead atoms. The highest BCUT2D eigenvalue weighted by molar-refractivity contribution is 7.89. The highest BCUT2D eigenvalue weighted by atomic mass is 32.2. The average Bonchev–Trinajstić information content (AvgIpc) is 3.22. The minimum Gasteiger partial charge on any atom is -0.355 e. The van der Waals surface area contributed by atoms with Gasteiger partial charge in [-0.2, -0.15) is 0 Å². The third-order valence-electron chi connectivity index (χ3n) is 4.78. The Morgan fingerprint density at radius 1 is 1.21 bits per heavy atom. The molecule has 1 aromatic heterocycles. The van der Waals surface area contributed by atoms with Gasteiger partial charge in [-0.15, -0.1) is 11.3 Å². The zero-order valence-electron chi connectivity index (χ0n) is 15.3. The summed E-state index contributed by atoms with van der Waals surface area (Å²) in [5, 5.41) is 9.88. The van der Waals surface area contributed by atoms with E-state index in [0.29, 0.717) is 30.9 Å². The summed E-state index contributed by atoms with van der Waals surface area (Å²) in [5.74, 6) is -0.269. The van der Waals surface area contributed by atoms with Crippen LogP contribution in [0.25, 0.3) is 0 Å². The number of nitrogens with two attached hydrogens (primary N) is 1. The van der Waals surface area contributed by atoms with Gasteiger partial charge in [0.15, 0.2) is 0 Å². The van der Waals surface area contributed by atoms with E-state index in [0.717, 1.165) is 18.4 Å². The van der Waals surface area contributed by atoms with Crippen LogP contribution in [-0.2, 0) is 21.2 Å². The molecule has 2 aromatic rings. The molecule has 2 heterocycles. The molecule has 150 valence electrons. The first kappa shape index (κ1) is 20.5. The van der Waals surface area contributed by atoms with Crippen molar-refractivity contribution in [3.05, 3.63) is 52.2 Å². The fourth-order valence-electron chi connectivity index (χ4n) is 3.25. The zero-order valence-corrected chi connectivity index (χ0v) is 17.0. The minimum absolute atomic E-state index is 0.0116. The molecule has 0 spiro atoms. The van der Waals surface area contributed by atoms with E-state index in [-0.39, 0.29) is 22.6 Å². The number of benzene rings is 1. The first-order valence-corrected chi connectivity index (χ1v) is 11.5. The number of piperidine rings is 1. The Labute approximate surface area is 168 Å². The van der Waals surface area contributed by atoms with Crippen molar-refractivity contribution in [3.63, 3.8) is 0 Å². The van der Waals surface area contributed by atoms with Crippen LogP contribution in [0, 0.1) is 5.92 Å². The number of likely N-dealkylation sites (tertiary alicyclic amines) is 1. The third kappa shape index (κ3) is 5.18. The molecule has 1 aromatic carbocycles. The van der Waals surface area contributed by atoms with E-state index in [4.69, 9.17) is 5.14 Å². The predicted molar refractivity (Wildman–Crippen MR) is 107 cm³/mol. The molecule has 1 fully saturated rings. The number of primary sulfonamides is 1. The predicted octanol–water partition coefficient (Wildman–Crippen LogP) is 1.61. The lowest BCUT2D eigenvalue weighted by Crippen LogP contribution is -2.45. The molecule has 0 saturated carbocycles. The molecular weight excluding hydrogens is 398 g/mol. The quantitative estimate of drug-likeness (QED) is 0.738. The van der Waals surface area contributed by atoms with Crippen molar-refractivity contribution in [2.75, 3.05) is 19.6 Å². The van der Waals surface area contributed by atoms with Crippen LogP contribution in [0.5, 0.6) is 0 Å². The lowest BCUT2D eigenvalue weighted by molar-refractivity contribution is -0.126. The van der Waals surface area contributed by atoms with Gasteiger partial charge in [0.2, 0.25) is 15.9 Å². The van der Waals surface area contributed by atoms with Gasteiger partial charge in [-0.1, -0.05) is 18.2 Å². The lowest BCUT2D eigenvalue weighted by atomic mass is 9.97. The Bertz CT molecular complexity index is 925. The van der Waals surface area contributed by atoms with Gasteiger partial charge < -0.3 is 10.2 Å². The molecular formula is C19H23N3O4S2. The van der Waals surface area contributed by atoms with E-state index in [1.54, 1.807) is 23.1 Å². The monoisotopic (exact) mass is 421 g/mol. The van der Waals surface area contributed by atoms with Crippen molar-refractivity contribution in [3.8, 4) is 0 Å². The Balaban J connectivity index is 1.48. The average molecular weight is 422 g/mol. The van der Waals surface area contributed by atoms with E-state index in [1.165, 1.54) is 23.5 Å². The van der Waals surface area contributed by atoms with E-state index < -0.39 is 10.0 Å². The number of carbonyl (C=O) groups excluding carboxylic acids is 2. The van der Waals surface area contributed by atoms with E-state index in [9.17, 15) is 18.0 Å². The highest BCUT2D eigenvalue weighted by Gasteiger charge is 2.29. The molecule has 1 unspecified atom stereocenters. The molecule has 3 N–H and O–H groups in total. The number of nitrogens with one attached hydrogen (secondary N) is 1. The number of hydrogen-bond donors (Lipinski definition) is 2. The fourth-order valence-corrected chi connectivity index (χ4v) is 4.46. The van der Waals surface area contributed by atoms with Gasteiger partial charge in [0, 0.05) is 19.6 Å². The van der Waals surface area contributed by atoms with Crippen molar-refractivity contribution in [2.45, 2.75) is 24.2 Å². The van der Waals surface area contributed by atoms with E-state index >= 15 is 0 Å². The second-order valence-electron chi connectivity index (χ2n) is 6.80. The Morgan fingerprint density at radius 2 is 1.96 bits per heavy atom. The normalized spacial score (nSPS) is 17.3. The molecule has 9 heteroatoms. The summed E-state index contributed by atoms with van der Waals surface area (Å²) in [6.07, 6.45) is 2.16. The molecule has 2 amide bonds. The van der Waals surface area contributed by atoms with Crippen LogP contribution in [0.15, 0.2) is 46.7 Å². The SMILES string of the molecule is NS(=O)(=O)c1ccc(CCNC(=O)C2CCCN(C(=O)c3cccs3)C2)cc1. The Hall–Kier alpha value is -2.23.